The summed E-state index contributed by atoms with van der Waals surface area (Å²) in [7, 11) is 0. The Bertz CT molecular complexity index is 747. The van der Waals surface area contributed by atoms with Crippen LogP contribution in [0.5, 0.6) is 17.2 Å². The first-order valence-electron chi connectivity index (χ1n) is 7.71. The van der Waals surface area contributed by atoms with Crippen molar-refractivity contribution in [3.63, 3.8) is 0 Å². The highest BCUT2D eigenvalue weighted by Gasteiger charge is 2.37. The third-order valence-corrected chi connectivity index (χ3v) is 4.77. The minimum absolute atomic E-state index is 0. The zero-order valence-corrected chi connectivity index (χ0v) is 14.6. The van der Waals surface area contributed by atoms with E-state index < -0.39 is 0 Å². The van der Waals surface area contributed by atoms with E-state index in [1.165, 1.54) is 22.8 Å². The number of ether oxygens (including phenoxy) is 1. The van der Waals surface area contributed by atoms with Crippen LogP contribution >= 0.6 is 17.0 Å². The van der Waals surface area contributed by atoms with Crippen LogP contribution in [0.3, 0.4) is 0 Å². The highest BCUT2D eigenvalue weighted by atomic mass is 79.9. The molecule has 0 amide bonds. The van der Waals surface area contributed by atoms with Gasteiger partial charge in [-0.25, -0.2) is 0 Å². The largest absolute Gasteiger partial charge is 0.504 e. The van der Waals surface area contributed by atoms with Crippen LogP contribution in [0.1, 0.15) is 35.1 Å². The van der Waals surface area contributed by atoms with E-state index in [0.29, 0.717) is 12.4 Å². The van der Waals surface area contributed by atoms with Gasteiger partial charge < -0.3 is 20.3 Å². The Kier molecular flexibility index (Phi) is 4.25. The third-order valence-electron chi connectivity index (χ3n) is 4.77. The number of hydrogen-bond donors (Lipinski definition) is 3. The number of aromatic hydroxyl groups is 2. The van der Waals surface area contributed by atoms with Crippen molar-refractivity contribution in [2.24, 2.45) is 0 Å². The SMILES string of the molecule is Br.CCc1ccc2c(c1)C1c3cc(O)c(O)cc3OCC1NC2. The molecule has 0 spiro atoms. The number of benzene rings is 2. The van der Waals surface area contributed by atoms with Gasteiger partial charge in [0.15, 0.2) is 11.5 Å². The first-order chi connectivity index (χ1) is 10.7. The van der Waals surface area contributed by atoms with E-state index in [9.17, 15) is 10.2 Å². The molecule has 2 aliphatic rings. The molecule has 2 aromatic carbocycles. The monoisotopic (exact) mass is 377 g/mol. The second kappa shape index (κ2) is 6.06. The molecular formula is C18H20BrNO3. The molecule has 2 aliphatic heterocycles. The summed E-state index contributed by atoms with van der Waals surface area (Å²) in [5, 5.41) is 23.1. The summed E-state index contributed by atoms with van der Waals surface area (Å²) >= 11 is 0. The fourth-order valence-corrected chi connectivity index (χ4v) is 3.55. The van der Waals surface area contributed by atoms with Crippen LogP contribution < -0.4 is 10.1 Å². The van der Waals surface area contributed by atoms with E-state index in [2.05, 4.69) is 30.4 Å². The van der Waals surface area contributed by atoms with Crippen LogP contribution in [0.2, 0.25) is 0 Å². The Balaban J connectivity index is 0.00000156. The summed E-state index contributed by atoms with van der Waals surface area (Å²) in [6, 6.07) is 9.97. The Morgan fingerprint density at radius 2 is 1.91 bits per heavy atom. The van der Waals surface area contributed by atoms with Gasteiger partial charge in [-0.1, -0.05) is 25.1 Å². The lowest BCUT2D eigenvalue weighted by Gasteiger charge is -2.39. The van der Waals surface area contributed by atoms with Crippen molar-refractivity contribution in [2.75, 3.05) is 6.61 Å². The van der Waals surface area contributed by atoms with Crippen LogP contribution in [0.4, 0.5) is 0 Å². The summed E-state index contributed by atoms with van der Waals surface area (Å²) in [4.78, 5) is 0. The van der Waals surface area contributed by atoms with E-state index in [1.54, 1.807) is 6.07 Å². The predicted octanol–water partition coefficient (Wildman–Crippen LogP) is 3.23. The number of phenols is 2. The molecule has 0 aliphatic carbocycles. The van der Waals surface area contributed by atoms with Gasteiger partial charge in [0, 0.05) is 24.1 Å². The molecule has 0 bridgehead atoms. The minimum Gasteiger partial charge on any atom is -0.504 e. The summed E-state index contributed by atoms with van der Waals surface area (Å²) in [5.41, 5.74) is 4.85. The fourth-order valence-electron chi connectivity index (χ4n) is 3.55. The van der Waals surface area contributed by atoms with Crippen molar-refractivity contribution in [1.29, 1.82) is 0 Å². The first-order valence-corrected chi connectivity index (χ1v) is 7.71. The fraction of sp³-hybridized carbons (Fsp3) is 0.333. The van der Waals surface area contributed by atoms with E-state index in [0.717, 1.165) is 18.5 Å². The standard InChI is InChI=1S/C18H19NO3.BrH/c1-2-10-3-4-11-8-19-14-9-22-17-7-16(21)15(20)6-13(17)18(14)12(11)5-10;/h3-7,14,18-21H,2,8-9H2,1H3;1H. The lowest BCUT2D eigenvalue weighted by atomic mass is 9.78. The molecule has 0 aromatic heterocycles. The Labute approximate surface area is 145 Å². The number of aryl methyl sites for hydroxylation is 1. The summed E-state index contributed by atoms with van der Waals surface area (Å²) in [6.45, 7) is 3.56. The maximum absolute atomic E-state index is 9.89. The number of fused-ring (bicyclic) bond motifs is 5. The molecule has 3 N–H and O–H groups in total. The van der Waals surface area contributed by atoms with E-state index >= 15 is 0 Å². The van der Waals surface area contributed by atoms with E-state index in [1.807, 2.05) is 0 Å². The Morgan fingerprint density at radius 1 is 1.13 bits per heavy atom. The molecule has 0 radical (unpaired) electrons. The Hall–Kier alpha value is -1.72. The predicted molar refractivity (Wildman–Crippen MR) is 93.9 cm³/mol. The first kappa shape index (κ1) is 16.1. The maximum Gasteiger partial charge on any atom is 0.161 e. The van der Waals surface area contributed by atoms with Gasteiger partial charge in [-0.15, -0.1) is 17.0 Å². The van der Waals surface area contributed by atoms with Crippen LogP contribution in [0, 0.1) is 0 Å². The molecule has 2 aromatic rings. The smallest absolute Gasteiger partial charge is 0.161 e. The normalized spacial score (nSPS) is 21.3. The van der Waals surface area contributed by atoms with Crippen molar-refractivity contribution in [1.82, 2.24) is 5.32 Å². The van der Waals surface area contributed by atoms with Crippen molar-refractivity contribution in [2.45, 2.75) is 31.8 Å². The number of nitrogens with one attached hydrogen (secondary N) is 1. The van der Waals surface area contributed by atoms with Gasteiger partial charge in [0.2, 0.25) is 0 Å². The van der Waals surface area contributed by atoms with E-state index in [-0.39, 0.29) is 40.4 Å². The molecule has 122 valence electrons. The lowest BCUT2D eigenvalue weighted by molar-refractivity contribution is 0.214. The molecule has 2 unspecified atom stereocenters. The van der Waals surface area contributed by atoms with Crippen LogP contribution in [0.15, 0.2) is 30.3 Å². The van der Waals surface area contributed by atoms with Crippen molar-refractivity contribution in [3.05, 3.63) is 52.6 Å². The number of hydrogen-bond acceptors (Lipinski definition) is 4. The summed E-state index contributed by atoms with van der Waals surface area (Å²) < 4.78 is 5.77. The highest BCUT2D eigenvalue weighted by Crippen LogP contribution is 2.45. The molecule has 0 saturated heterocycles. The second-order valence-electron chi connectivity index (χ2n) is 6.04. The molecule has 4 rings (SSSR count). The molecule has 2 atom stereocenters. The average Bonchev–Trinajstić information content (AvgIpc) is 2.55. The van der Waals surface area contributed by atoms with Crippen molar-refractivity contribution >= 4 is 17.0 Å². The van der Waals surface area contributed by atoms with Crippen molar-refractivity contribution < 1.29 is 14.9 Å². The second-order valence-corrected chi connectivity index (χ2v) is 6.04. The zero-order valence-electron chi connectivity index (χ0n) is 12.9. The number of phenolic OH excluding ortho intramolecular Hbond substituents is 2. The van der Waals surface area contributed by atoms with Gasteiger partial charge in [-0.2, -0.15) is 0 Å². The van der Waals surface area contributed by atoms with Gasteiger partial charge in [-0.05, 0) is 29.2 Å². The van der Waals surface area contributed by atoms with Crippen molar-refractivity contribution in [3.8, 4) is 17.2 Å². The summed E-state index contributed by atoms with van der Waals surface area (Å²) in [5.74, 6) is 0.573. The molecule has 0 saturated carbocycles. The minimum atomic E-state index is -0.136. The van der Waals surface area contributed by atoms with Gasteiger partial charge in [-0.3, -0.25) is 0 Å². The van der Waals surface area contributed by atoms with Gasteiger partial charge >= 0.3 is 0 Å². The third kappa shape index (κ3) is 2.58. The van der Waals surface area contributed by atoms with Crippen LogP contribution in [0.25, 0.3) is 0 Å². The number of rotatable bonds is 1. The molecule has 4 nitrogen and oxygen atoms in total. The Morgan fingerprint density at radius 3 is 2.70 bits per heavy atom. The lowest BCUT2D eigenvalue weighted by Crippen LogP contribution is -2.46. The molecule has 23 heavy (non-hydrogen) atoms. The highest BCUT2D eigenvalue weighted by molar-refractivity contribution is 8.93. The van der Waals surface area contributed by atoms with Gasteiger partial charge in [0.25, 0.3) is 0 Å². The van der Waals surface area contributed by atoms with E-state index in [4.69, 9.17) is 4.74 Å². The molecule has 5 heteroatoms. The molecule has 0 fully saturated rings. The van der Waals surface area contributed by atoms with Crippen LogP contribution in [-0.2, 0) is 13.0 Å². The average molecular weight is 378 g/mol. The molecule has 2 heterocycles. The molecular weight excluding hydrogens is 358 g/mol. The maximum atomic E-state index is 9.89. The van der Waals surface area contributed by atoms with Gasteiger partial charge in [0.05, 0.1) is 6.04 Å². The zero-order chi connectivity index (χ0) is 15.3. The van der Waals surface area contributed by atoms with Gasteiger partial charge in [0.1, 0.15) is 12.4 Å². The quantitative estimate of drug-likeness (QED) is 0.667. The number of halogens is 1. The topological polar surface area (TPSA) is 61.7 Å². The summed E-state index contributed by atoms with van der Waals surface area (Å²) in [6.07, 6.45) is 1.00. The van der Waals surface area contributed by atoms with Crippen LogP contribution in [-0.4, -0.2) is 22.9 Å².